The largest absolute Gasteiger partial charge is 0.496 e. The number of carbonyl (C=O) groups is 1. The van der Waals surface area contributed by atoms with Crippen LogP contribution in [0.25, 0.3) is 0 Å². The molecule has 4 heteroatoms. The Morgan fingerprint density at radius 3 is 2.86 bits per heavy atom. The van der Waals surface area contributed by atoms with Crippen LogP contribution in [-0.2, 0) is 0 Å². The number of ketones is 1. The Morgan fingerprint density at radius 2 is 2.29 bits per heavy atom. The number of methoxy groups -OCH3 is 1. The Kier molecular flexibility index (Phi) is 4.48. The van der Waals surface area contributed by atoms with Crippen molar-refractivity contribution in [2.75, 3.05) is 19.1 Å². The fourth-order valence-corrected chi connectivity index (χ4v) is 1.86. The molecule has 0 saturated carbocycles. The summed E-state index contributed by atoms with van der Waals surface area (Å²) in [5, 5.41) is 0. The van der Waals surface area contributed by atoms with Crippen LogP contribution < -0.4 is 4.74 Å². The summed E-state index contributed by atoms with van der Waals surface area (Å²) in [5.74, 6) is 1.21. The predicted octanol–water partition coefficient (Wildman–Crippen LogP) is 3.00. The van der Waals surface area contributed by atoms with Crippen LogP contribution in [0.3, 0.4) is 0 Å². The number of Topliss-reactive ketones (excluding diaryl/α,β-unsaturated/α-hetero) is 1. The lowest BCUT2D eigenvalue weighted by molar-refractivity contribution is 0.101. The van der Waals surface area contributed by atoms with Gasteiger partial charge in [-0.2, -0.15) is 11.8 Å². The third-order valence-corrected chi connectivity index (χ3v) is 2.78. The molecule has 0 radical (unpaired) electrons. The van der Waals surface area contributed by atoms with E-state index in [0.717, 1.165) is 4.47 Å². The van der Waals surface area contributed by atoms with Gasteiger partial charge in [-0.05, 0) is 24.5 Å². The van der Waals surface area contributed by atoms with Gasteiger partial charge >= 0.3 is 0 Å². The molecule has 0 N–H and O–H groups in total. The molecule has 0 aromatic heterocycles. The summed E-state index contributed by atoms with van der Waals surface area (Å²) in [6.07, 6.45) is 1.91. The van der Waals surface area contributed by atoms with Gasteiger partial charge in [-0.25, -0.2) is 0 Å². The monoisotopic (exact) mass is 274 g/mol. The number of hydrogen-bond acceptors (Lipinski definition) is 3. The van der Waals surface area contributed by atoms with Gasteiger partial charge in [0.1, 0.15) is 5.75 Å². The normalized spacial score (nSPS) is 9.93. The Labute approximate surface area is 96.2 Å². The first-order valence-electron chi connectivity index (χ1n) is 4.04. The number of carbonyl (C=O) groups excluding carboxylic acids is 1. The van der Waals surface area contributed by atoms with Crippen molar-refractivity contribution in [2.24, 2.45) is 0 Å². The Morgan fingerprint density at radius 1 is 1.57 bits per heavy atom. The van der Waals surface area contributed by atoms with E-state index in [0.29, 0.717) is 17.1 Å². The van der Waals surface area contributed by atoms with Crippen molar-refractivity contribution in [2.45, 2.75) is 0 Å². The Bertz CT molecular complexity index is 339. The molecule has 0 saturated heterocycles. The summed E-state index contributed by atoms with van der Waals surface area (Å²) in [5.41, 5.74) is 0.644. The van der Waals surface area contributed by atoms with E-state index in [2.05, 4.69) is 15.9 Å². The highest BCUT2D eigenvalue weighted by molar-refractivity contribution is 9.10. The second kappa shape index (κ2) is 5.41. The van der Waals surface area contributed by atoms with Crippen molar-refractivity contribution >= 4 is 33.5 Å². The van der Waals surface area contributed by atoms with Crippen molar-refractivity contribution in [3.05, 3.63) is 28.2 Å². The minimum absolute atomic E-state index is 0.0989. The van der Waals surface area contributed by atoms with Gasteiger partial charge < -0.3 is 4.74 Å². The molecule has 1 aromatic carbocycles. The van der Waals surface area contributed by atoms with Gasteiger partial charge in [0, 0.05) is 4.47 Å². The second-order valence-electron chi connectivity index (χ2n) is 2.70. The quantitative estimate of drug-likeness (QED) is 0.790. The van der Waals surface area contributed by atoms with Crippen LogP contribution in [0.1, 0.15) is 10.4 Å². The fraction of sp³-hybridized carbons (Fsp3) is 0.300. The smallest absolute Gasteiger partial charge is 0.176 e. The fourth-order valence-electron chi connectivity index (χ4n) is 1.10. The predicted molar refractivity (Wildman–Crippen MR) is 63.4 cm³/mol. The van der Waals surface area contributed by atoms with Crippen molar-refractivity contribution in [3.8, 4) is 5.75 Å². The number of benzene rings is 1. The number of ether oxygens (including phenoxy) is 1. The maximum Gasteiger partial charge on any atom is 0.176 e. The zero-order valence-corrected chi connectivity index (χ0v) is 10.4. The molecule has 0 amide bonds. The lowest BCUT2D eigenvalue weighted by Gasteiger charge is -2.06. The van der Waals surface area contributed by atoms with Crippen LogP contribution >= 0.6 is 27.7 Å². The Balaban J connectivity index is 3.01. The van der Waals surface area contributed by atoms with E-state index < -0.39 is 0 Å². The van der Waals surface area contributed by atoms with Gasteiger partial charge in [-0.15, -0.1) is 0 Å². The van der Waals surface area contributed by atoms with E-state index in [1.807, 2.05) is 12.3 Å². The maximum absolute atomic E-state index is 11.6. The van der Waals surface area contributed by atoms with Crippen molar-refractivity contribution in [3.63, 3.8) is 0 Å². The molecule has 0 aliphatic carbocycles. The summed E-state index contributed by atoms with van der Waals surface area (Å²) >= 11 is 4.84. The van der Waals surface area contributed by atoms with Gasteiger partial charge in [0.15, 0.2) is 5.78 Å². The molecule has 2 nitrogen and oxygen atoms in total. The van der Waals surface area contributed by atoms with E-state index in [-0.39, 0.29) is 5.78 Å². The molecular formula is C10H11BrO2S. The molecule has 14 heavy (non-hydrogen) atoms. The van der Waals surface area contributed by atoms with Gasteiger partial charge in [0.05, 0.1) is 18.4 Å². The molecule has 0 heterocycles. The molecule has 1 rings (SSSR count). The molecular weight excluding hydrogens is 264 g/mol. The molecule has 0 bridgehead atoms. The highest BCUT2D eigenvalue weighted by Crippen LogP contribution is 2.24. The summed E-state index contributed by atoms with van der Waals surface area (Å²) in [6.45, 7) is 0. The number of thioether (sulfide) groups is 1. The summed E-state index contributed by atoms with van der Waals surface area (Å²) in [6, 6.07) is 5.42. The molecule has 0 aliphatic heterocycles. The topological polar surface area (TPSA) is 26.3 Å². The zero-order chi connectivity index (χ0) is 10.6. The van der Waals surface area contributed by atoms with Crippen molar-refractivity contribution in [1.82, 2.24) is 0 Å². The van der Waals surface area contributed by atoms with Gasteiger partial charge in [0.25, 0.3) is 0 Å². The van der Waals surface area contributed by atoms with Crippen LogP contribution in [0, 0.1) is 0 Å². The standard InChI is InChI=1S/C10H11BrO2S/c1-13-10-5-7(11)3-4-8(10)9(12)6-14-2/h3-5H,6H2,1-2H3. The maximum atomic E-state index is 11.6. The summed E-state index contributed by atoms with van der Waals surface area (Å²) in [7, 11) is 1.57. The van der Waals surface area contributed by atoms with Crippen molar-refractivity contribution in [1.29, 1.82) is 0 Å². The second-order valence-corrected chi connectivity index (χ2v) is 4.48. The molecule has 0 unspecified atom stereocenters. The van der Waals surface area contributed by atoms with E-state index >= 15 is 0 Å². The summed E-state index contributed by atoms with van der Waals surface area (Å²) in [4.78, 5) is 11.6. The molecule has 76 valence electrons. The van der Waals surface area contributed by atoms with Crippen LogP contribution in [0.15, 0.2) is 22.7 Å². The molecule has 1 aromatic rings. The highest BCUT2D eigenvalue weighted by Gasteiger charge is 2.11. The third kappa shape index (κ3) is 2.75. The van der Waals surface area contributed by atoms with E-state index in [1.54, 1.807) is 19.2 Å². The minimum Gasteiger partial charge on any atom is -0.496 e. The SMILES string of the molecule is COc1cc(Br)ccc1C(=O)CSC. The number of hydrogen-bond donors (Lipinski definition) is 0. The minimum atomic E-state index is 0.0989. The first-order chi connectivity index (χ1) is 6.69. The summed E-state index contributed by atoms with van der Waals surface area (Å²) < 4.78 is 6.05. The first-order valence-corrected chi connectivity index (χ1v) is 6.23. The van der Waals surface area contributed by atoms with Crippen LogP contribution in [0.4, 0.5) is 0 Å². The average molecular weight is 275 g/mol. The van der Waals surface area contributed by atoms with E-state index in [4.69, 9.17) is 4.74 Å². The van der Waals surface area contributed by atoms with Crippen LogP contribution in [-0.4, -0.2) is 24.9 Å². The zero-order valence-electron chi connectivity index (χ0n) is 8.04. The van der Waals surface area contributed by atoms with Crippen molar-refractivity contribution < 1.29 is 9.53 Å². The van der Waals surface area contributed by atoms with E-state index in [9.17, 15) is 4.79 Å². The van der Waals surface area contributed by atoms with Gasteiger partial charge in [-0.1, -0.05) is 15.9 Å². The third-order valence-electron chi connectivity index (χ3n) is 1.74. The first kappa shape index (κ1) is 11.6. The van der Waals surface area contributed by atoms with E-state index in [1.165, 1.54) is 11.8 Å². The Hall–Kier alpha value is -0.480. The lowest BCUT2D eigenvalue weighted by atomic mass is 10.1. The lowest BCUT2D eigenvalue weighted by Crippen LogP contribution is -2.04. The average Bonchev–Trinajstić information content (AvgIpc) is 2.17. The molecule has 0 fully saturated rings. The molecule has 0 atom stereocenters. The highest BCUT2D eigenvalue weighted by atomic mass is 79.9. The van der Waals surface area contributed by atoms with Gasteiger partial charge in [0.2, 0.25) is 0 Å². The number of rotatable bonds is 4. The van der Waals surface area contributed by atoms with Gasteiger partial charge in [-0.3, -0.25) is 4.79 Å². The van der Waals surface area contributed by atoms with Crippen LogP contribution in [0.5, 0.6) is 5.75 Å². The molecule has 0 spiro atoms. The molecule has 0 aliphatic rings. The van der Waals surface area contributed by atoms with Crippen LogP contribution in [0.2, 0.25) is 0 Å². The number of halogens is 1.